The molecule has 38 heavy (non-hydrogen) atoms. The fourth-order valence-electron chi connectivity index (χ4n) is 5.61. The summed E-state index contributed by atoms with van der Waals surface area (Å²) < 4.78 is 49.9. The van der Waals surface area contributed by atoms with Crippen LogP contribution in [0.1, 0.15) is 59.1 Å². The first-order valence-electron chi connectivity index (χ1n) is 13.5. The van der Waals surface area contributed by atoms with Crippen molar-refractivity contribution < 1.29 is 32.6 Å². The maximum absolute atomic E-state index is 12.8. The summed E-state index contributed by atoms with van der Waals surface area (Å²) in [6.45, 7) is 8.02. The minimum atomic E-state index is -3.33. The van der Waals surface area contributed by atoms with Crippen molar-refractivity contribution in [2.75, 3.05) is 31.5 Å². The SMILES string of the molecule is CCOP(=O)(COC[C@H]1O[C@@H](Cc2ccc3c(NC4CCCC4)nc(Cl)nn23)[C@@H]2OC(C)(C)O[C@@H]21)OCC. The Morgan fingerprint density at radius 2 is 1.82 bits per heavy atom. The van der Waals surface area contributed by atoms with Crippen molar-refractivity contribution in [1.82, 2.24) is 14.6 Å². The van der Waals surface area contributed by atoms with Gasteiger partial charge in [0.05, 0.1) is 25.9 Å². The molecule has 1 aliphatic carbocycles. The largest absolute Gasteiger partial charge is 0.367 e. The maximum Gasteiger partial charge on any atom is 0.356 e. The highest BCUT2D eigenvalue weighted by molar-refractivity contribution is 7.53. The van der Waals surface area contributed by atoms with Gasteiger partial charge in [-0.2, -0.15) is 4.98 Å². The normalized spacial score (nSPS) is 27.4. The lowest BCUT2D eigenvalue weighted by Gasteiger charge is -2.24. The van der Waals surface area contributed by atoms with Gasteiger partial charge in [0.15, 0.2) is 11.6 Å². The molecule has 0 unspecified atom stereocenters. The molecule has 212 valence electrons. The number of hydrogen-bond donors (Lipinski definition) is 1. The summed E-state index contributed by atoms with van der Waals surface area (Å²) in [5, 5.41) is 8.21. The van der Waals surface area contributed by atoms with Crippen molar-refractivity contribution in [1.29, 1.82) is 0 Å². The second kappa shape index (κ2) is 11.7. The van der Waals surface area contributed by atoms with Gasteiger partial charge in [0.2, 0.25) is 5.28 Å². The molecule has 5 rings (SSSR count). The average molecular weight is 573 g/mol. The molecule has 4 atom stereocenters. The van der Waals surface area contributed by atoms with Crippen molar-refractivity contribution >= 4 is 30.5 Å². The number of ether oxygens (including phenoxy) is 4. The Hall–Kier alpha value is -1.30. The number of hydrogen-bond acceptors (Lipinski definition) is 10. The van der Waals surface area contributed by atoms with Crippen LogP contribution in [-0.2, 0) is 39.0 Å². The highest BCUT2D eigenvalue weighted by Gasteiger charge is 2.55. The van der Waals surface area contributed by atoms with Crippen LogP contribution in [0.3, 0.4) is 0 Å². The Balaban J connectivity index is 1.30. The average Bonchev–Trinajstić information content (AvgIpc) is 3.61. The summed E-state index contributed by atoms with van der Waals surface area (Å²) >= 11 is 6.32. The van der Waals surface area contributed by atoms with Crippen molar-refractivity contribution in [2.45, 2.75) is 96.0 Å². The third-order valence-electron chi connectivity index (χ3n) is 7.10. The minimum Gasteiger partial charge on any atom is -0.367 e. The molecular formula is C25H38ClN4O7P. The van der Waals surface area contributed by atoms with E-state index in [9.17, 15) is 4.57 Å². The number of nitrogens with one attached hydrogen (secondary N) is 1. The van der Waals surface area contributed by atoms with E-state index in [2.05, 4.69) is 15.4 Å². The van der Waals surface area contributed by atoms with Crippen LogP contribution in [0.25, 0.3) is 5.52 Å². The minimum absolute atomic E-state index is 0.156. The highest BCUT2D eigenvalue weighted by Crippen LogP contribution is 2.48. The Kier molecular flexibility index (Phi) is 8.67. The van der Waals surface area contributed by atoms with Crippen LogP contribution < -0.4 is 5.32 Å². The Bertz CT molecular complexity index is 1150. The molecule has 0 amide bonds. The molecule has 0 radical (unpaired) electrons. The van der Waals surface area contributed by atoms with Gasteiger partial charge in [-0.3, -0.25) is 4.57 Å². The van der Waals surface area contributed by atoms with Crippen molar-refractivity contribution in [3.8, 4) is 0 Å². The molecule has 13 heteroatoms. The van der Waals surface area contributed by atoms with Gasteiger partial charge < -0.3 is 33.3 Å². The van der Waals surface area contributed by atoms with Crippen LogP contribution in [0, 0.1) is 0 Å². The number of fused-ring (bicyclic) bond motifs is 2. The second-order valence-corrected chi connectivity index (χ2v) is 12.7. The summed E-state index contributed by atoms with van der Waals surface area (Å²) in [4.78, 5) is 4.46. The van der Waals surface area contributed by atoms with Gasteiger partial charge >= 0.3 is 7.60 Å². The van der Waals surface area contributed by atoms with Gasteiger partial charge in [0, 0.05) is 18.2 Å². The first-order valence-corrected chi connectivity index (χ1v) is 15.6. The van der Waals surface area contributed by atoms with E-state index < -0.39 is 19.5 Å². The Labute approximate surface area is 228 Å². The lowest BCUT2D eigenvalue weighted by molar-refractivity contribution is -0.191. The van der Waals surface area contributed by atoms with E-state index in [1.165, 1.54) is 12.8 Å². The van der Waals surface area contributed by atoms with Gasteiger partial charge in [-0.1, -0.05) is 12.8 Å². The van der Waals surface area contributed by atoms with E-state index in [1.807, 2.05) is 30.5 Å². The number of halogens is 1. The predicted molar refractivity (Wildman–Crippen MR) is 142 cm³/mol. The molecule has 2 aromatic heterocycles. The van der Waals surface area contributed by atoms with E-state index in [1.54, 1.807) is 13.8 Å². The van der Waals surface area contributed by atoms with Crippen LogP contribution in [0.4, 0.5) is 5.82 Å². The third-order valence-corrected chi connectivity index (χ3v) is 9.06. The van der Waals surface area contributed by atoms with Crippen molar-refractivity contribution in [2.24, 2.45) is 0 Å². The van der Waals surface area contributed by atoms with Crippen molar-refractivity contribution in [3.63, 3.8) is 0 Å². The zero-order valence-electron chi connectivity index (χ0n) is 22.4. The molecule has 4 heterocycles. The van der Waals surface area contributed by atoms with Gasteiger partial charge in [-0.25, -0.2) is 4.52 Å². The summed E-state index contributed by atoms with van der Waals surface area (Å²) in [6, 6.07) is 4.42. The molecule has 1 N–H and O–H groups in total. The van der Waals surface area contributed by atoms with Gasteiger partial charge in [-0.05, 0) is 64.3 Å². The lowest BCUT2D eigenvalue weighted by Crippen LogP contribution is -2.33. The molecule has 1 saturated carbocycles. The summed E-state index contributed by atoms with van der Waals surface area (Å²) in [7, 11) is -3.33. The molecule has 0 bridgehead atoms. The monoisotopic (exact) mass is 572 g/mol. The fraction of sp³-hybridized carbons (Fsp3) is 0.760. The molecule has 2 aromatic rings. The first-order chi connectivity index (χ1) is 18.2. The van der Waals surface area contributed by atoms with Crippen LogP contribution in [0.2, 0.25) is 5.28 Å². The van der Waals surface area contributed by atoms with Crippen LogP contribution in [0.5, 0.6) is 0 Å². The lowest BCUT2D eigenvalue weighted by atomic mass is 10.0. The predicted octanol–water partition coefficient (Wildman–Crippen LogP) is 4.81. The molecule has 3 fully saturated rings. The standard InChI is InChI=1S/C25H38ClN4O7P/c1-5-33-38(31,34-6-2)15-32-14-20-22-21(36-25(3,4)37-22)19(35-20)13-17-11-12-18-23(27-16-9-7-8-10-16)28-24(26)29-30(17)18/h11-12,16,19-22H,5-10,13-15H2,1-4H3,(H,27,28,29)/t19-,20+,21-,22+/m0/s1. The highest BCUT2D eigenvalue weighted by atomic mass is 35.5. The molecule has 0 aromatic carbocycles. The summed E-state index contributed by atoms with van der Waals surface area (Å²) in [6.07, 6.45) is 3.71. The molecule has 2 saturated heterocycles. The zero-order valence-corrected chi connectivity index (χ0v) is 24.1. The Morgan fingerprint density at radius 1 is 1.13 bits per heavy atom. The topological polar surface area (TPSA) is 115 Å². The zero-order chi connectivity index (χ0) is 26.9. The van der Waals surface area contributed by atoms with Gasteiger partial charge in [0.25, 0.3) is 0 Å². The van der Waals surface area contributed by atoms with Crippen LogP contribution >= 0.6 is 19.2 Å². The quantitative estimate of drug-likeness (QED) is 0.355. The molecule has 3 aliphatic rings. The van der Waals surface area contributed by atoms with Crippen LogP contribution in [0.15, 0.2) is 12.1 Å². The van der Waals surface area contributed by atoms with E-state index in [0.29, 0.717) is 12.5 Å². The van der Waals surface area contributed by atoms with E-state index >= 15 is 0 Å². The number of aromatic nitrogens is 3. The number of nitrogens with zero attached hydrogens (tertiary/aromatic N) is 3. The second-order valence-electron chi connectivity index (χ2n) is 10.4. The fourth-order valence-corrected chi connectivity index (χ4v) is 7.11. The molecular weight excluding hydrogens is 535 g/mol. The number of rotatable bonds is 12. The van der Waals surface area contributed by atoms with Crippen LogP contribution in [-0.4, -0.2) is 77.0 Å². The summed E-state index contributed by atoms with van der Waals surface area (Å²) in [5.74, 6) is -0.0126. The van der Waals surface area contributed by atoms with E-state index in [0.717, 1.165) is 29.9 Å². The molecule has 2 aliphatic heterocycles. The molecule has 11 nitrogen and oxygen atoms in total. The van der Waals surface area contributed by atoms with Crippen molar-refractivity contribution in [3.05, 3.63) is 23.1 Å². The smallest absolute Gasteiger partial charge is 0.356 e. The van der Waals surface area contributed by atoms with Gasteiger partial charge in [0.1, 0.15) is 30.2 Å². The summed E-state index contributed by atoms with van der Waals surface area (Å²) in [5.41, 5.74) is 1.80. The Morgan fingerprint density at radius 3 is 2.50 bits per heavy atom. The van der Waals surface area contributed by atoms with Gasteiger partial charge in [-0.15, -0.1) is 5.10 Å². The van der Waals surface area contributed by atoms with E-state index in [-0.39, 0.29) is 49.8 Å². The van der Waals surface area contributed by atoms with E-state index in [4.69, 9.17) is 39.6 Å². The molecule has 0 spiro atoms. The number of anilines is 1. The first kappa shape index (κ1) is 28.2. The third kappa shape index (κ3) is 6.20. The maximum atomic E-state index is 12.8.